The van der Waals surface area contributed by atoms with Crippen LogP contribution < -0.4 is 10.6 Å². The van der Waals surface area contributed by atoms with E-state index in [9.17, 15) is 9.59 Å². The second-order valence-electron chi connectivity index (χ2n) is 7.47. The van der Waals surface area contributed by atoms with E-state index in [1.807, 2.05) is 37.3 Å². The van der Waals surface area contributed by atoms with Crippen LogP contribution in [0.3, 0.4) is 0 Å². The molecule has 8 heteroatoms. The number of nitrogens with zero attached hydrogens (tertiary/aromatic N) is 2. The van der Waals surface area contributed by atoms with Crippen molar-refractivity contribution in [2.24, 2.45) is 10.2 Å². The topological polar surface area (TPSA) is 92.1 Å². The van der Waals surface area contributed by atoms with E-state index < -0.39 is 5.60 Å². The summed E-state index contributed by atoms with van der Waals surface area (Å²) >= 11 is 1.29. The zero-order chi connectivity index (χ0) is 20.3. The number of amides is 2. The molecular weight excluding hydrogens is 388 g/mol. The molecule has 0 bridgehead atoms. The molecule has 2 aliphatic heterocycles. The van der Waals surface area contributed by atoms with Gasteiger partial charge < -0.3 is 15.4 Å². The minimum atomic E-state index is -0.469. The van der Waals surface area contributed by atoms with Gasteiger partial charge in [-0.3, -0.25) is 9.59 Å². The molecule has 0 aromatic heterocycles. The van der Waals surface area contributed by atoms with Crippen LogP contribution >= 0.6 is 11.8 Å². The molecule has 1 spiro atoms. The molecule has 0 unspecified atom stereocenters. The van der Waals surface area contributed by atoms with Crippen LogP contribution in [-0.4, -0.2) is 34.2 Å². The van der Waals surface area contributed by atoms with Crippen molar-refractivity contribution in [2.75, 3.05) is 5.75 Å². The zero-order valence-electron chi connectivity index (χ0n) is 16.4. The number of benzene rings is 1. The van der Waals surface area contributed by atoms with Gasteiger partial charge in [0.2, 0.25) is 11.8 Å². The Bertz CT molecular complexity index is 902. The van der Waals surface area contributed by atoms with E-state index in [-0.39, 0.29) is 17.7 Å². The van der Waals surface area contributed by atoms with Gasteiger partial charge in [-0.1, -0.05) is 48.5 Å². The van der Waals surface area contributed by atoms with Gasteiger partial charge in [-0.2, -0.15) is 0 Å². The Morgan fingerprint density at radius 3 is 2.66 bits per heavy atom. The van der Waals surface area contributed by atoms with Gasteiger partial charge in [0.05, 0.1) is 5.75 Å². The number of hydrogen-bond donors (Lipinski definition) is 2. The molecule has 4 rings (SSSR count). The lowest BCUT2D eigenvalue weighted by Crippen LogP contribution is -2.33. The summed E-state index contributed by atoms with van der Waals surface area (Å²) in [7, 11) is 0. The smallest absolute Gasteiger partial charge is 0.257 e. The van der Waals surface area contributed by atoms with Gasteiger partial charge in [-0.05, 0) is 43.7 Å². The second kappa shape index (κ2) is 8.41. The molecule has 2 N–H and O–H groups in total. The quantitative estimate of drug-likeness (QED) is 0.744. The van der Waals surface area contributed by atoms with Gasteiger partial charge in [0, 0.05) is 6.54 Å². The van der Waals surface area contributed by atoms with E-state index in [1.165, 1.54) is 18.2 Å². The highest BCUT2D eigenvalue weighted by atomic mass is 32.2. The maximum atomic E-state index is 13.1. The lowest BCUT2D eigenvalue weighted by molar-refractivity contribution is -0.117. The summed E-state index contributed by atoms with van der Waals surface area (Å²) in [6.45, 7) is 2.39. The Morgan fingerprint density at radius 2 is 1.97 bits per heavy atom. The molecule has 1 aromatic rings. The van der Waals surface area contributed by atoms with Crippen molar-refractivity contribution >= 4 is 34.6 Å². The van der Waals surface area contributed by atoms with E-state index in [1.54, 1.807) is 0 Å². The summed E-state index contributed by atoms with van der Waals surface area (Å²) in [5, 5.41) is 14.4. The summed E-state index contributed by atoms with van der Waals surface area (Å²) in [6, 6.07) is 9.77. The minimum absolute atomic E-state index is 0.0995. The normalized spacial score (nSPS) is 23.6. The lowest BCUT2D eigenvalue weighted by atomic mass is 9.79. The molecule has 3 aliphatic rings. The van der Waals surface area contributed by atoms with Crippen LogP contribution in [0.1, 0.15) is 44.6 Å². The highest BCUT2D eigenvalue weighted by Gasteiger charge is 2.46. The first-order valence-corrected chi connectivity index (χ1v) is 10.9. The summed E-state index contributed by atoms with van der Waals surface area (Å²) < 4.78 is 6.26. The van der Waals surface area contributed by atoms with Crippen LogP contribution in [0.2, 0.25) is 0 Å². The van der Waals surface area contributed by atoms with Gasteiger partial charge in [-0.15, -0.1) is 10.2 Å². The Morgan fingerprint density at radius 1 is 1.21 bits per heavy atom. The van der Waals surface area contributed by atoms with Crippen molar-refractivity contribution in [2.45, 2.75) is 51.2 Å². The Kier molecular flexibility index (Phi) is 5.71. The molecule has 2 heterocycles. The van der Waals surface area contributed by atoms with E-state index in [4.69, 9.17) is 4.74 Å². The van der Waals surface area contributed by atoms with E-state index in [2.05, 4.69) is 20.8 Å². The highest BCUT2D eigenvalue weighted by molar-refractivity contribution is 8.15. The average molecular weight is 413 g/mol. The number of hydrogen-bond acceptors (Lipinski definition) is 6. The van der Waals surface area contributed by atoms with Gasteiger partial charge in [0.15, 0.2) is 5.17 Å². The molecule has 1 saturated carbocycles. The zero-order valence-corrected chi connectivity index (χ0v) is 17.2. The molecule has 152 valence electrons. The molecule has 1 aliphatic carbocycles. The first kappa shape index (κ1) is 19.7. The fraction of sp³-hybridized carbons (Fsp3) is 0.429. The molecule has 0 radical (unpaired) electrons. The monoisotopic (exact) mass is 412 g/mol. The fourth-order valence-electron chi connectivity index (χ4n) is 3.98. The first-order valence-electron chi connectivity index (χ1n) is 9.88. The van der Waals surface area contributed by atoms with Crippen LogP contribution in [0.25, 0.3) is 0 Å². The lowest BCUT2D eigenvalue weighted by Gasteiger charge is -2.33. The van der Waals surface area contributed by atoms with Crippen molar-refractivity contribution in [1.29, 1.82) is 0 Å². The number of carbonyl (C=O) groups is 2. The van der Waals surface area contributed by atoms with Gasteiger partial charge in [0.1, 0.15) is 11.2 Å². The molecule has 0 atom stereocenters. The molecule has 1 aromatic carbocycles. The molecular formula is C21H24N4O3S. The van der Waals surface area contributed by atoms with Crippen molar-refractivity contribution in [3.8, 4) is 0 Å². The van der Waals surface area contributed by atoms with Gasteiger partial charge >= 0.3 is 0 Å². The Labute approximate surface area is 174 Å². The SMILES string of the molecule is CC1=C(C(=O)NCc2ccccc2)C(=NN=C2NC(=O)CS2)OC12CCCCC2. The predicted octanol–water partition coefficient (Wildman–Crippen LogP) is 2.88. The van der Waals surface area contributed by atoms with Gasteiger partial charge in [0.25, 0.3) is 5.91 Å². The average Bonchev–Trinajstić information content (AvgIpc) is 3.27. The molecule has 7 nitrogen and oxygen atoms in total. The van der Waals surface area contributed by atoms with E-state index >= 15 is 0 Å². The van der Waals surface area contributed by atoms with Crippen LogP contribution in [0.15, 0.2) is 51.7 Å². The fourth-order valence-corrected chi connectivity index (χ4v) is 4.60. The molecule has 1 saturated heterocycles. The maximum absolute atomic E-state index is 13.1. The van der Waals surface area contributed by atoms with Gasteiger partial charge in [-0.25, -0.2) is 0 Å². The Balaban J connectivity index is 1.59. The van der Waals surface area contributed by atoms with Crippen molar-refractivity contribution in [3.05, 3.63) is 47.0 Å². The number of nitrogens with one attached hydrogen (secondary N) is 2. The number of thioether (sulfide) groups is 1. The number of ether oxygens (including phenoxy) is 1. The minimum Gasteiger partial charge on any atom is -0.465 e. The standard InChI is InChI=1S/C21H24N4O3S/c1-14-17(18(27)22-12-15-8-4-2-5-9-15)19(24-25-20-23-16(26)13-29-20)28-21(14)10-6-3-7-11-21/h2,4-5,8-9H,3,6-7,10-13H2,1H3,(H,22,27)(H,23,25,26). The third kappa shape index (κ3) is 4.22. The largest absolute Gasteiger partial charge is 0.465 e. The third-order valence-corrected chi connectivity index (χ3v) is 6.43. The van der Waals surface area contributed by atoms with Crippen LogP contribution in [0.4, 0.5) is 0 Å². The van der Waals surface area contributed by atoms with Crippen molar-refractivity contribution < 1.29 is 14.3 Å². The number of rotatable bonds is 4. The van der Waals surface area contributed by atoms with Crippen molar-refractivity contribution in [1.82, 2.24) is 10.6 Å². The third-order valence-electron chi connectivity index (χ3n) is 5.57. The second-order valence-corrected chi connectivity index (χ2v) is 8.44. The summed E-state index contributed by atoms with van der Waals surface area (Å²) in [5.74, 6) is 0.256. The Hall–Kier alpha value is -2.61. The molecule has 2 amide bonds. The van der Waals surface area contributed by atoms with Crippen LogP contribution in [0, 0.1) is 0 Å². The molecule has 2 fully saturated rings. The first-order chi connectivity index (χ1) is 14.1. The van der Waals surface area contributed by atoms with Crippen LogP contribution in [-0.2, 0) is 20.9 Å². The summed E-state index contributed by atoms with van der Waals surface area (Å²) in [5.41, 5.74) is 1.93. The molecule has 29 heavy (non-hydrogen) atoms. The van der Waals surface area contributed by atoms with Crippen LogP contribution in [0.5, 0.6) is 0 Å². The summed E-state index contributed by atoms with van der Waals surface area (Å²) in [4.78, 5) is 24.4. The number of amidine groups is 1. The van der Waals surface area contributed by atoms with Crippen molar-refractivity contribution in [3.63, 3.8) is 0 Å². The summed E-state index contributed by atoms with van der Waals surface area (Å²) in [6.07, 6.45) is 5.03. The number of carbonyl (C=O) groups excluding carboxylic acids is 2. The van der Waals surface area contributed by atoms with E-state index in [0.29, 0.717) is 23.0 Å². The predicted molar refractivity (Wildman–Crippen MR) is 113 cm³/mol. The van der Waals surface area contributed by atoms with E-state index in [0.717, 1.165) is 36.8 Å². The highest BCUT2D eigenvalue weighted by Crippen LogP contribution is 2.44. The maximum Gasteiger partial charge on any atom is 0.257 e.